The highest BCUT2D eigenvalue weighted by molar-refractivity contribution is 5.70. The smallest absolute Gasteiger partial charge is 0.416 e. The Balaban J connectivity index is 1.20. The molecule has 1 aliphatic carbocycles. The SMILES string of the molecule is Cn1c(CN2C[C@@H]3C(COc4cc(C(F)(F)F)cc(C(F)(F)F)c4)[C@@H]3C2)nc2cccnc21. The van der Waals surface area contributed by atoms with Gasteiger partial charge in [-0.1, -0.05) is 0 Å². The van der Waals surface area contributed by atoms with E-state index in [1.807, 2.05) is 23.7 Å². The van der Waals surface area contributed by atoms with Crippen molar-refractivity contribution in [2.75, 3.05) is 19.7 Å². The number of benzene rings is 1. The number of pyridine rings is 1. The molecule has 3 atom stereocenters. The van der Waals surface area contributed by atoms with Crippen molar-refractivity contribution in [2.45, 2.75) is 18.9 Å². The van der Waals surface area contributed by atoms with E-state index < -0.39 is 29.2 Å². The monoisotopic (exact) mass is 470 g/mol. The third kappa shape index (κ3) is 4.25. The van der Waals surface area contributed by atoms with Gasteiger partial charge >= 0.3 is 12.4 Å². The fraction of sp³-hybridized carbons (Fsp3) is 0.455. The van der Waals surface area contributed by atoms with Crippen LogP contribution < -0.4 is 4.74 Å². The molecule has 0 N–H and O–H groups in total. The van der Waals surface area contributed by atoms with Crippen LogP contribution in [0.3, 0.4) is 0 Å². The van der Waals surface area contributed by atoms with Crippen LogP contribution in [0.15, 0.2) is 36.5 Å². The lowest BCUT2D eigenvalue weighted by Gasteiger charge is -2.19. The van der Waals surface area contributed by atoms with E-state index in [0.717, 1.165) is 30.1 Å². The van der Waals surface area contributed by atoms with Crippen LogP contribution in [-0.2, 0) is 25.9 Å². The molecule has 2 fully saturated rings. The number of aryl methyl sites for hydroxylation is 1. The Morgan fingerprint density at radius 3 is 2.21 bits per heavy atom. The molecule has 2 aromatic heterocycles. The van der Waals surface area contributed by atoms with E-state index in [1.165, 1.54) is 0 Å². The summed E-state index contributed by atoms with van der Waals surface area (Å²) in [5.41, 5.74) is -1.11. The molecule has 5 nitrogen and oxygen atoms in total. The van der Waals surface area contributed by atoms with Crippen molar-refractivity contribution < 1.29 is 31.1 Å². The van der Waals surface area contributed by atoms with Crippen molar-refractivity contribution in [3.63, 3.8) is 0 Å². The van der Waals surface area contributed by atoms with Gasteiger partial charge in [-0.2, -0.15) is 26.3 Å². The van der Waals surface area contributed by atoms with Gasteiger partial charge in [0.1, 0.15) is 17.1 Å². The molecule has 1 aliphatic heterocycles. The van der Waals surface area contributed by atoms with E-state index in [-0.39, 0.29) is 18.6 Å². The number of fused-ring (bicyclic) bond motifs is 2. The Bertz CT molecular complexity index is 1140. The van der Waals surface area contributed by atoms with Crippen LogP contribution in [0, 0.1) is 17.8 Å². The van der Waals surface area contributed by atoms with E-state index in [4.69, 9.17) is 4.74 Å². The summed E-state index contributed by atoms with van der Waals surface area (Å²) in [6, 6.07) is 5.08. The molecule has 3 aromatic rings. The van der Waals surface area contributed by atoms with Gasteiger partial charge in [0, 0.05) is 32.3 Å². The zero-order chi connectivity index (χ0) is 23.5. The largest absolute Gasteiger partial charge is 0.493 e. The van der Waals surface area contributed by atoms with Crippen molar-refractivity contribution in [1.29, 1.82) is 0 Å². The van der Waals surface area contributed by atoms with Gasteiger partial charge in [-0.3, -0.25) is 4.90 Å². The van der Waals surface area contributed by atoms with Crippen LogP contribution in [0.5, 0.6) is 5.75 Å². The molecule has 1 saturated heterocycles. The summed E-state index contributed by atoms with van der Waals surface area (Å²) in [4.78, 5) is 11.2. The highest BCUT2D eigenvalue weighted by atomic mass is 19.4. The van der Waals surface area contributed by atoms with E-state index in [1.54, 1.807) is 6.20 Å². The third-order valence-electron chi connectivity index (χ3n) is 6.54. The number of imidazole rings is 1. The van der Waals surface area contributed by atoms with Crippen molar-refractivity contribution in [3.8, 4) is 5.75 Å². The number of alkyl halides is 6. The summed E-state index contributed by atoms with van der Waals surface area (Å²) >= 11 is 0. The molecule has 2 aliphatic rings. The second kappa shape index (κ2) is 7.61. The molecule has 0 radical (unpaired) electrons. The zero-order valence-electron chi connectivity index (χ0n) is 17.5. The second-order valence-corrected chi connectivity index (χ2v) is 8.67. The molecule has 1 unspecified atom stereocenters. The quantitative estimate of drug-likeness (QED) is 0.505. The lowest BCUT2D eigenvalue weighted by molar-refractivity contribution is -0.143. The highest BCUT2D eigenvalue weighted by Gasteiger charge is 2.55. The Morgan fingerprint density at radius 1 is 1.00 bits per heavy atom. The van der Waals surface area contributed by atoms with E-state index in [2.05, 4.69) is 14.9 Å². The van der Waals surface area contributed by atoms with Crippen LogP contribution >= 0.6 is 0 Å². The fourth-order valence-corrected chi connectivity index (χ4v) is 4.73. The number of rotatable bonds is 5. The number of halogens is 6. The van der Waals surface area contributed by atoms with Crippen LogP contribution in [0.25, 0.3) is 11.2 Å². The average Bonchev–Trinajstić information content (AvgIpc) is 3.04. The van der Waals surface area contributed by atoms with Gasteiger partial charge in [-0.05, 0) is 42.2 Å². The van der Waals surface area contributed by atoms with E-state index in [0.29, 0.717) is 30.5 Å². The molecular weight excluding hydrogens is 450 g/mol. The van der Waals surface area contributed by atoms with Gasteiger partial charge in [0.05, 0.1) is 24.3 Å². The summed E-state index contributed by atoms with van der Waals surface area (Å²) in [7, 11) is 1.91. The Kier molecular flexibility index (Phi) is 5.07. The number of piperidine rings is 1. The van der Waals surface area contributed by atoms with Crippen molar-refractivity contribution in [3.05, 3.63) is 53.5 Å². The number of nitrogens with zero attached hydrogens (tertiary/aromatic N) is 4. The molecule has 0 spiro atoms. The number of hydrogen-bond donors (Lipinski definition) is 0. The molecule has 1 saturated carbocycles. The van der Waals surface area contributed by atoms with Crippen molar-refractivity contribution >= 4 is 11.2 Å². The molecule has 176 valence electrons. The molecule has 0 amide bonds. The molecule has 3 heterocycles. The number of likely N-dealkylation sites (tertiary alicyclic amines) is 1. The molecular formula is C22H20F6N4O. The molecule has 1 aromatic carbocycles. The average molecular weight is 470 g/mol. The van der Waals surface area contributed by atoms with Gasteiger partial charge in [0.2, 0.25) is 0 Å². The first-order valence-electron chi connectivity index (χ1n) is 10.4. The van der Waals surface area contributed by atoms with Gasteiger partial charge < -0.3 is 9.30 Å². The summed E-state index contributed by atoms with van der Waals surface area (Å²) in [5.74, 6) is 1.22. The first kappa shape index (κ1) is 22.0. The van der Waals surface area contributed by atoms with Gasteiger partial charge in [-0.25, -0.2) is 9.97 Å². The molecule has 33 heavy (non-hydrogen) atoms. The van der Waals surface area contributed by atoms with Gasteiger partial charge in [0.15, 0.2) is 5.65 Å². The molecule has 0 bridgehead atoms. The van der Waals surface area contributed by atoms with E-state index in [9.17, 15) is 26.3 Å². The maximum atomic E-state index is 13.0. The number of aromatic nitrogens is 3. The summed E-state index contributed by atoms with van der Waals surface area (Å²) in [6.45, 7) is 2.31. The number of hydrogen-bond acceptors (Lipinski definition) is 4. The first-order chi connectivity index (χ1) is 15.5. The standard InChI is InChI=1S/C22H20F6N4O/c1-31-19(30-18-3-2-4-29-20(18)31)10-32-8-15-16(9-32)17(15)11-33-14-6-12(21(23,24)25)5-13(7-14)22(26,27)28/h2-7,15-17H,8-11H2,1H3/t15-,16+,17?. The van der Waals surface area contributed by atoms with E-state index >= 15 is 0 Å². The lowest BCUT2D eigenvalue weighted by atomic mass is 10.1. The predicted molar refractivity (Wildman–Crippen MR) is 106 cm³/mol. The predicted octanol–water partition coefficient (Wildman–Crippen LogP) is 4.76. The minimum Gasteiger partial charge on any atom is -0.493 e. The zero-order valence-corrected chi connectivity index (χ0v) is 17.5. The van der Waals surface area contributed by atoms with Crippen molar-refractivity contribution in [2.24, 2.45) is 24.8 Å². The van der Waals surface area contributed by atoms with Crippen LogP contribution in [0.4, 0.5) is 26.3 Å². The second-order valence-electron chi connectivity index (χ2n) is 8.67. The van der Waals surface area contributed by atoms with Crippen molar-refractivity contribution in [1.82, 2.24) is 19.4 Å². The fourth-order valence-electron chi connectivity index (χ4n) is 4.73. The molecule has 5 rings (SSSR count). The maximum Gasteiger partial charge on any atom is 0.416 e. The number of ether oxygens (including phenoxy) is 1. The lowest BCUT2D eigenvalue weighted by Crippen LogP contribution is -2.26. The van der Waals surface area contributed by atoms with Crippen LogP contribution in [-0.4, -0.2) is 39.1 Å². The normalized spacial score (nSPS) is 23.2. The van der Waals surface area contributed by atoms with Gasteiger partial charge in [0.25, 0.3) is 0 Å². The highest BCUT2D eigenvalue weighted by Crippen LogP contribution is 2.52. The first-order valence-corrected chi connectivity index (χ1v) is 10.4. The molecule has 11 heteroatoms. The topological polar surface area (TPSA) is 43.2 Å². The Hall–Kier alpha value is -2.82. The minimum absolute atomic E-state index is 0.0952. The Labute approximate surface area is 185 Å². The maximum absolute atomic E-state index is 13.0. The summed E-state index contributed by atoms with van der Waals surface area (Å²) in [5, 5.41) is 0. The third-order valence-corrected chi connectivity index (χ3v) is 6.54. The van der Waals surface area contributed by atoms with Crippen LogP contribution in [0.1, 0.15) is 17.0 Å². The summed E-state index contributed by atoms with van der Waals surface area (Å²) in [6.07, 6.45) is -8.06. The summed E-state index contributed by atoms with van der Waals surface area (Å²) < 4.78 is 85.4. The minimum atomic E-state index is -4.89. The van der Waals surface area contributed by atoms with Crippen LogP contribution in [0.2, 0.25) is 0 Å². The Morgan fingerprint density at radius 2 is 1.64 bits per heavy atom. The van der Waals surface area contributed by atoms with Gasteiger partial charge in [-0.15, -0.1) is 0 Å².